The van der Waals surface area contributed by atoms with Gasteiger partial charge in [-0.05, 0) is 27.8 Å². The van der Waals surface area contributed by atoms with Crippen LogP contribution in [-0.2, 0) is 11.3 Å². The highest BCUT2D eigenvalue weighted by Gasteiger charge is 2.15. The van der Waals surface area contributed by atoms with Gasteiger partial charge in [-0.15, -0.1) is 0 Å². The van der Waals surface area contributed by atoms with Gasteiger partial charge in [0.15, 0.2) is 0 Å². The molecule has 1 N–H and O–H groups in total. The van der Waals surface area contributed by atoms with Crippen molar-refractivity contribution in [2.24, 2.45) is 0 Å². The molecule has 0 radical (unpaired) electrons. The van der Waals surface area contributed by atoms with Gasteiger partial charge in [-0.1, -0.05) is 0 Å². The third-order valence-corrected chi connectivity index (χ3v) is 1.98. The number of hydrogen-bond donors (Lipinski definition) is 1. The van der Waals surface area contributed by atoms with Crippen LogP contribution in [-0.4, -0.2) is 39.9 Å². The van der Waals surface area contributed by atoms with Crippen molar-refractivity contribution >= 4 is 5.91 Å². The highest BCUT2D eigenvalue weighted by Crippen LogP contribution is 2.00. The molecular weight excluding hydrogens is 216 g/mol. The molecule has 0 saturated heterocycles. The standard InChI is InChI=1S/C12H20N4O/c1-12(2,3)15-11(17)9-16(4)8-10-7-13-5-6-14-10/h5-7H,8-9H2,1-4H3,(H,15,17). The van der Waals surface area contributed by atoms with Crippen LogP contribution in [0.15, 0.2) is 18.6 Å². The maximum absolute atomic E-state index is 11.7. The molecule has 0 aliphatic carbocycles. The minimum absolute atomic E-state index is 0.0175. The summed E-state index contributed by atoms with van der Waals surface area (Å²) in [5.41, 5.74) is 0.670. The minimum atomic E-state index is -0.190. The van der Waals surface area contributed by atoms with Crippen molar-refractivity contribution in [2.75, 3.05) is 13.6 Å². The van der Waals surface area contributed by atoms with Crippen LogP contribution < -0.4 is 5.32 Å². The van der Waals surface area contributed by atoms with E-state index in [2.05, 4.69) is 15.3 Å². The van der Waals surface area contributed by atoms with Crippen LogP contribution in [0.1, 0.15) is 26.5 Å². The van der Waals surface area contributed by atoms with Crippen molar-refractivity contribution in [1.29, 1.82) is 0 Å². The second kappa shape index (κ2) is 5.72. The minimum Gasteiger partial charge on any atom is -0.350 e. The first-order valence-corrected chi connectivity index (χ1v) is 5.61. The van der Waals surface area contributed by atoms with E-state index < -0.39 is 0 Å². The lowest BCUT2D eigenvalue weighted by Gasteiger charge is -2.23. The Morgan fingerprint density at radius 3 is 2.65 bits per heavy atom. The second-order valence-corrected chi connectivity index (χ2v) is 5.17. The molecule has 17 heavy (non-hydrogen) atoms. The number of carbonyl (C=O) groups is 1. The summed E-state index contributed by atoms with van der Waals surface area (Å²) in [5, 5.41) is 2.92. The van der Waals surface area contributed by atoms with E-state index in [1.54, 1.807) is 18.6 Å². The fourth-order valence-electron chi connectivity index (χ4n) is 1.45. The largest absolute Gasteiger partial charge is 0.350 e. The zero-order chi connectivity index (χ0) is 12.9. The number of likely N-dealkylation sites (N-methyl/N-ethyl adjacent to an activating group) is 1. The van der Waals surface area contributed by atoms with Gasteiger partial charge in [-0.2, -0.15) is 0 Å². The monoisotopic (exact) mass is 236 g/mol. The van der Waals surface area contributed by atoms with Gasteiger partial charge in [0, 0.05) is 30.7 Å². The van der Waals surface area contributed by atoms with Gasteiger partial charge in [0.05, 0.1) is 12.2 Å². The lowest BCUT2D eigenvalue weighted by Crippen LogP contribution is -2.45. The van der Waals surface area contributed by atoms with Crippen LogP contribution in [0.25, 0.3) is 0 Å². The van der Waals surface area contributed by atoms with Gasteiger partial charge < -0.3 is 5.32 Å². The summed E-state index contributed by atoms with van der Waals surface area (Å²) in [7, 11) is 1.89. The molecule has 5 nitrogen and oxygen atoms in total. The maximum atomic E-state index is 11.7. The molecule has 5 heteroatoms. The molecule has 1 heterocycles. The van der Waals surface area contributed by atoms with Crippen LogP contribution in [0.4, 0.5) is 0 Å². The Morgan fingerprint density at radius 2 is 2.12 bits per heavy atom. The van der Waals surface area contributed by atoms with Gasteiger partial charge in [-0.3, -0.25) is 19.7 Å². The van der Waals surface area contributed by atoms with E-state index in [1.807, 2.05) is 32.7 Å². The third kappa shape index (κ3) is 5.97. The first-order chi connectivity index (χ1) is 7.87. The second-order valence-electron chi connectivity index (χ2n) is 5.17. The normalized spacial score (nSPS) is 11.6. The zero-order valence-electron chi connectivity index (χ0n) is 10.9. The van der Waals surface area contributed by atoms with Crippen LogP contribution in [0.2, 0.25) is 0 Å². The fraction of sp³-hybridized carbons (Fsp3) is 0.583. The highest BCUT2D eigenvalue weighted by molar-refractivity contribution is 5.78. The molecule has 0 aliphatic rings. The smallest absolute Gasteiger partial charge is 0.234 e. The first kappa shape index (κ1) is 13.6. The van der Waals surface area contributed by atoms with Gasteiger partial charge in [0.2, 0.25) is 5.91 Å². The van der Waals surface area contributed by atoms with E-state index in [0.29, 0.717) is 13.1 Å². The Balaban J connectivity index is 2.40. The Bertz CT molecular complexity index is 359. The molecule has 0 spiro atoms. The summed E-state index contributed by atoms with van der Waals surface area (Å²) in [6.07, 6.45) is 4.99. The Kier molecular flexibility index (Phi) is 4.57. The average molecular weight is 236 g/mol. The molecule has 0 atom stereocenters. The van der Waals surface area contributed by atoms with Gasteiger partial charge in [-0.25, -0.2) is 0 Å². The molecule has 94 valence electrons. The SMILES string of the molecule is CN(CC(=O)NC(C)(C)C)Cc1cnccn1. The predicted molar refractivity (Wildman–Crippen MR) is 66.3 cm³/mol. The van der Waals surface area contributed by atoms with Crippen molar-refractivity contribution in [3.63, 3.8) is 0 Å². The zero-order valence-corrected chi connectivity index (χ0v) is 10.9. The van der Waals surface area contributed by atoms with Gasteiger partial charge >= 0.3 is 0 Å². The summed E-state index contributed by atoms with van der Waals surface area (Å²) in [6.45, 7) is 6.87. The summed E-state index contributed by atoms with van der Waals surface area (Å²) >= 11 is 0. The van der Waals surface area contributed by atoms with E-state index in [-0.39, 0.29) is 11.4 Å². The van der Waals surface area contributed by atoms with E-state index >= 15 is 0 Å². The number of hydrogen-bond acceptors (Lipinski definition) is 4. The number of nitrogens with one attached hydrogen (secondary N) is 1. The molecule has 0 bridgehead atoms. The quantitative estimate of drug-likeness (QED) is 0.841. The van der Waals surface area contributed by atoms with E-state index in [0.717, 1.165) is 5.69 Å². The molecule has 0 aliphatic heterocycles. The van der Waals surface area contributed by atoms with Crippen LogP contribution in [0.5, 0.6) is 0 Å². The Hall–Kier alpha value is -1.49. The van der Waals surface area contributed by atoms with E-state index in [4.69, 9.17) is 0 Å². The lowest BCUT2D eigenvalue weighted by molar-refractivity contribution is -0.123. The van der Waals surface area contributed by atoms with E-state index in [1.165, 1.54) is 0 Å². The molecule has 0 unspecified atom stereocenters. The van der Waals surface area contributed by atoms with Crippen molar-refractivity contribution in [1.82, 2.24) is 20.2 Å². The van der Waals surface area contributed by atoms with Crippen LogP contribution in [0, 0.1) is 0 Å². The molecule has 0 aromatic carbocycles. The molecular formula is C12H20N4O. The van der Waals surface area contributed by atoms with E-state index in [9.17, 15) is 4.79 Å². The summed E-state index contributed by atoms with van der Waals surface area (Å²) in [6, 6.07) is 0. The van der Waals surface area contributed by atoms with Crippen molar-refractivity contribution < 1.29 is 4.79 Å². The molecule has 0 fully saturated rings. The lowest BCUT2D eigenvalue weighted by atomic mass is 10.1. The predicted octanol–water partition coefficient (Wildman–Crippen LogP) is 0.823. The van der Waals surface area contributed by atoms with Crippen molar-refractivity contribution in [2.45, 2.75) is 32.9 Å². The fourth-order valence-corrected chi connectivity index (χ4v) is 1.45. The average Bonchev–Trinajstić information content (AvgIpc) is 2.15. The van der Waals surface area contributed by atoms with Gasteiger partial charge in [0.1, 0.15) is 0 Å². The summed E-state index contributed by atoms with van der Waals surface area (Å²) in [4.78, 5) is 21.7. The highest BCUT2D eigenvalue weighted by atomic mass is 16.2. The first-order valence-electron chi connectivity index (χ1n) is 5.61. The van der Waals surface area contributed by atoms with Crippen molar-refractivity contribution in [3.8, 4) is 0 Å². The number of carbonyl (C=O) groups excluding carboxylic acids is 1. The Morgan fingerprint density at radius 1 is 1.41 bits per heavy atom. The van der Waals surface area contributed by atoms with Crippen LogP contribution in [0.3, 0.4) is 0 Å². The number of amides is 1. The Labute approximate surface area is 102 Å². The number of aromatic nitrogens is 2. The molecule has 1 amide bonds. The topological polar surface area (TPSA) is 58.1 Å². The molecule has 1 aromatic rings. The summed E-state index contributed by atoms with van der Waals surface area (Å²) < 4.78 is 0. The molecule has 1 rings (SSSR count). The maximum Gasteiger partial charge on any atom is 0.234 e. The molecule has 1 aromatic heterocycles. The number of nitrogens with zero attached hydrogens (tertiary/aromatic N) is 3. The number of rotatable bonds is 4. The summed E-state index contributed by atoms with van der Waals surface area (Å²) in [5.74, 6) is 0.0175. The third-order valence-electron chi connectivity index (χ3n) is 1.98. The van der Waals surface area contributed by atoms with Crippen molar-refractivity contribution in [3.05, 3.63) is 24.3 Å². The molecule has 0 saturated carbocycles. The van der Waals surface area contributed by atoms with Gasteiger partial charge in [0.25, 0.3) is 0 Å². The van der Waals surface area contributed by atoms with Crippen LogP contribution >= 0.6 is 0 Å².